The van der Waals surface area contributed by atoms with Crippen LogP contribution in [0.3, 0.4) is 0 Å². The number of carbonyl (C=O) groups is 1. The summed E-state index contributed by atoms with van der Waals surface area (Å²) in [4.78, 5) is 13.8. The first-order valence-electron chi connectivity index (χ1n) is 3.75. The van der Waals surface area contributed by atoms with Crippen molar-refractivity contribution >= 4 is 21.6 Å². The maximum atomic E-state index is 11.4. The summed E-state index contributed by atoms with van der Waals surface area (Å²) >= 11 is 0. The van der Waals surface area contributed by atoms with Crippen LogP contribution in [0.1, 0.15) is 6.42 Å². The van der Waals surface area contributed by atoms with Crippen LogP contribution in [-0.4, -0.2) is 24.8 Å². The molecule has 1 heterocycles. The van der Waals surface area contributed by atoms with Gasteiger partial charge in [0.15, 0.2) is 4.91 Å². The molecule has 0 fully saturated rings. The Balaban J connectivity index is 2.79. The molecule has 0 unspecified atom stereocenters. The maximum absolute atomic E-state index is 11.4. The molecule has 0 aromatic rings. The first-order valence-corrected chi connectivity index (χ1v) is 5.24. The highest BCUT2D eigenvalue weighted by Gasteiger charge is 2.42. The molecule has 0 bridgehead atoms. The molecule has 72 valence electrons. The quantitative estimate of drug-likeness (QED) is 0.424. The van der Waals surface area contributed by atoms with Crippen molar-refractivity contribution in [3.8, 4) is 0 Å². The summed E-state index contributed by atoms with van der Waals surface area (Å²) in [5.41, 5.74) is 8.59. The summed E-state index contributed by atoms with van der Waals surface area (Å²) < 4.78 is 24.5. The van der Waals surface area contributed by atoms with Crippen LogP contribution in [0.4, 0.5) is 0 Å². The second kappa shape index (κ2) is 2.63. The van der Waals surface area contributed by atoms with E-state index in [1.165, 1.54) is 6.08 Å². The minimum Gasteiger partial charge on any atom is -0.361 e. The molecule has 1 aliphatic carbocycles. The lowest BCUT2D eigenvalue weighted by Crippen LogP contribution is -2.24. The maximum Gasteiger partial charge on any atom is 0.316 e. The smallest absolute Gasteiger partial charge is 0.316 e. The Labute approximate surface area is 79.6 Å². The number of nitrogens with one attached hydrogen (secondary N) is 1. The molecule has 0 aromatic heterocycles. The number of nitrogens with zero attached hydrogens (tertiary/aromatic N) is 2. The van der Waals surface area contributed by atoms with E-state index in [0.29, 0.717) is 0 Å². The van der Waals surface area contributed by atoms with E-state index in [1.807, 2.05) is 4.72 Å². The van der Waals surface area contributed by atoms with Gasteiger partial charge in [0.05, 0.1) is 12.0 Å². The Bertz CT molecular complexity index is 535. The van der Waals surface area contributed by atoms with Gasteiger partial charge in [0.25, 0.3) is 15.9 Å². The first kappa shape index (κ1) is 8.86. The lowest BCUT2D eigenvalue weighted by molar-refractivity contribution is -0.115. The van der Waals surface area contributed by atoms with Crippen LogP contribution in [0.25, 0.3) is 5.53 Å². The molecule has 7 heteroatoms. The molecule has 0 atom stereocenters. The first-order chi connectivity index (χ1) is 6.56. The Morgan fingerprint density at radius 2 is 2.21 bits per heavy atom. The van der Waals surface area contributed by atoms with E-state index in [0.717, 1.165) is 0 Å². The van der Waals surface area contributed by atoms with E-state index >= 15 is 0 Å². The zero-order valence-corrected chi connectivity index (χ0v) is 7.71. The highest BCUT2D eigenvalue weighted by molar-refractivity contribution is 7.95. The van der Waals surface area contributed by atoms with Gasteiger partial charge in [-0.25, -0.2) is 13.1 Å². The standard InChI is InChI=1S/C7H5N3O3S/c8-9-5-3-1-2-4-6(5)14(12,13)10-7(4)11/h1-2H,3H2,(H,10,11). The van der Waals surface area contributed by atoms with Crippen molar-refractivity contribution in [3.63, 3.8) is 0 Å². The fourth-order valence-corrected chi connectivity index (χ4v) is 2.75. The van der Waals surface area contributed by atoms with E-state index in [-0.39, 0.29) is 22.6 Å². The number of rotatable bonds is 0. The zero-order chi connectivity index (χ0) is 10.3. The van der Waals surface area contributed by atoms with Crippen molar-refractivity contribution in [1.82, 2.24) is 4.72 Å². The minimum atomic E-state index is -3.82. The van der Waals surface area contributed by atoms with Gasteiger partial charge >= 0.3 is 5.71 Å². The normalized spacial score (nSPS) is 23.1. The summed E-state index contributed by atoms with van der Waals surface area (Å²) in [6, 6.07) is 0. The van der Waals surface area contributed by atoms with Crippen molar-refractivity contribution in [3.05, 3.63) is 28.2 Å². The Morgan fingerprint density at radius 1 is 1.50 bits per heavy atom. The number of allylic oxidation sites excluding steroid dienone is 2. The average Bonchev–Trinajstić information content (AvgIpc) is 2.38. The van der Waals surface area contributed by atoms with Crippen LogP contribution in [0.5, 0.6) is 0 Å². The van der Waals surface area contributed by atoms with Gasteiger partial charge in [0.1, 0.15) is 0 Å². The Morgan fingerprint density at radius 3 is 2.86 bits per heavy atom. The summed E-state index contributed by atoms with van der Waals surface area (Å²) in [6.07, 6.45) is 3.17. The second-order valence-corrected chi connectivity index (χ2v) is 4.45. The largest absolute Gasteiger partial charge is 0.361 e. The van der Waals surface area contributed by atoms with Crippen molar-refractivity contribution < 1.29 is 18.0 Å². The number of carbonyl (C=O) groups excluding carboxylic acids is 1. The molecule has 2 rings (SSSR count). The summed E-state index contributed by atoms with van der Waals surface area (Å²) in [5, 5.41) is 0. The molecule has 0 saturated carbocycles. The van der Waals surface area contributed by atoms with Gasteiger partial charge < -0.3 is 5.53 Å². The molecule has 0 saturated heterocycles. The topological polar surface area (TPSA) is 99.6 Å². The molecule has 2 aliphatic rings. The van der Waals surface area contributed by atoms with Crippen LogP contribution in [0.2, 0.25) is 0 Å². The van der Waals surface area contributed by atoms with Crippen molar-refractivity contribution in [2.45, 2.75) is 6.42 Å². The van der Waals surface area contributed by atoms with Gasteiger partial charge in [-0.15, -0.1) is 0 Å². The zero-order valence-electron chi connectivity index (χ0n) is 6.89. The number of amides is 1. The lowest BCUT2D eigenvalue weighted by atomic mass is 10.1. The Hall–Kier alpha value is -1.72. The molecular weight excluding hydrogens is 206 g/mol. The van der Waals surface area contributed by atoms with E-state index in [1.54, 1.807) is 6.08 Å². The van der Waals surface area contributed by atoms with Gasteiger partial charge in [-0.1, -0.05) is 12.2 Å². The van der Waals surface area contributed by atoms with Gasteiger partial charge in [0, 0.05) is 0 Å². The third-order valence-electron chi connectivity index (χ3n) is 1.96. The van der Waals surface area contributed by atoms with Crippen molar-refractivity contribution in [1.29, 1.82) is 0 Å². The van der Waals surface area contributed by atoms with Gasteiger partial charge in [0.2, 0.25) is 0 Å². The van der Waals surface area contributed by atoms with E-state index in [4.69, 9.17) is 5.53 Å². The van der Waals surface area contributed by atoms with Crippen LogP contribution >= 0.6 is 0 Å². The van der Waals surface area contributed by atoms with Crippen LogP contribution < -0.4 is 4.72 Å². The molecular formula is C7H5N3O3S. The molecule has 0 radical (unpaired) electrons. The molecule has 1 N–H and O–H groups in total. The van der Waals surface area contributed by atoms with Crippen LogP contribution in [0, 0.1) is 0 Å². The summed E-state index contributed by atoms with van der Waals surface area (Å²) in [5.74, 6) is -0.683. The molecule has 1 amide bonds. The third-order valence-corrected chi connectivity index (χ3v) is 3.41. The fourth-order valence-electron chi connectivity index (χ4n) is 1.41. The fraction of sp³-hybridized carbons (Fsp3) is 0.143. The van der Waals surface area contributed by atoms with Gasteiger partial charge in [-0.05, 0) is 0 Å². The van der Waals surface area contributed by atoms with Crippen molar-refractivity contribution in [2.24, 2.45) is 0 Å². The van der Waals surface area contributed by atoms with E-state index < -0.39 is 15.9 Å². The van der Waals surface area contributed by atoms with Crippen molar-refractivity contribution in [2.75, 3.05) is 0 Å². The van der Waals surface area contributed by atoms with E-state index in [2.05, 4.69) is 4.79 Å². The summed E-state index contributed by atoms with van der Waals surface area (Å²) in [6.45, 7) is 0. The van der Waals surface area contributed by atoms with Crippen LogP contribution in [-0.2, 0) is 14.8 Å². The highest BCUT2D eigenvalue weighted by atomic mass is 32.2. The van der Waals surface area contributed by atoms with Gasteiger partial charge in [-0.2, -0.15) is 4.79 Å². The summed E-state index contributed by atoms with van der Waals surface area (Å²) in [7, 11) is -3.82. The molecule has 0 spiro atoms. The number of hydrogen-bond donors (Lipinski definition) is 1. The molecule has 14 heavy (non-hydrogen) atoms. The average molecular weight is 211 g/mol. The lowest BCUT2D eigenvalue weighted by Gasteiger charge is -1.98. The SMILES string of the molecule is [N-]=[N+]=C1CC=CC2=C1S(=O)(=O)NC2=O. The predicted octanol–water partition coefficient (Wildman–Crippen LogP) is -0.669. The highest BCUT2D eigenvalue weighted by Crippen LogP contribution is 2.25. The van der Waals surface area contributed by atoms with Crippen LogP contribution in [0.15, 0.2) is 22.6 Å². The predicted molar refractivity (Wildman–Crippen MR) is 46.5 cm³/mol. The van der Waals surface area contributed by atoms with E-state index in [9.17, 15) is 13.2 Å². The Kier molecular flexibility index (Phi) is 1.67. The molecule has 0 aromatic carbocycles. The second-order valence-electron chi connectivity index (χ2n) is 2.83. The van der Waals surface area contributed by atoms with Gasteiger partial charge in [-0.3, -0.25) is 4.79 Å². The third kappa shape index (κ3) is 1.03. The molecule has 1 aliphatic heterocycles. The monoisotopic (exact) mass is 211 g/mol. The molecule has 6 nitrogen and oxygen atoms in total. The number of sulfonamides is 1. The minimum absolute atomic E-state index is 0.0131. The number of hydrogen-bond acceptors (Lipinski definition) is 3.